The van der Waals surface area contributed by atoms with Crippen LogP contribution in [0.2, 0.25) is 0 Å². The van der Waals surface area contributed by atoms with E-state index in [9.17, 15) is 33.0 Å². The number of nitrogens with one attached hydrogen (secondary N) is 1. The van der Waals surface area contributed by atoms with Gasteiger partial charge in [0, 0.05) is 30.2 Å². The van der Waals surface area contributed by atoms with E-state index in [1.54, 1.807) is 13.8 Å². The highest BCUT2D eigenvalue weighted by molar-refractivity contribution is 6.05. The Hall–Kier alpha value is -4.43. The Bertz CT molecular complexity index is 1680. The average molecular weight is 658 g/mol. The van der Waals surface area contributed by atoms with Crippen molar-refractivity contribution in [1.29, 1.82) is 0 Å². The summed E-state index contributed by atoms with van der Waals surface area (Å²) >= 11 is 0. The number of piperidine rings is 1. The number of ether oxygens (including phenoxy) is 2. The molecule has 0 spiro atoms. The third kappa shape index (κ3) is 6.57. The van der Waals surface area contributed by atoms with Crippen molar-refractivity contribution >= 4 is 23.4 Å². The number of carbonyl (C=O) groups is 2. The van der Waals surface area contributed by atoms with Gasteiger partial charge in [0.05, 0.1) is 53.7 Å². The summed E-state index contributed by atoms with van der Waals surface area (Å²) in [4.78, 5) is 36.0. The molecule has 14 heteroatoms. The maximum atomic E-state index is 15.0. The fourth-order valence-corrected chi connectivity index (χ4v) is 6.56. The molecule has 5 rings (SSSR count). The molecule has 1 saturated heterocycles. The van der Waals surface area contributed by atoms with Gasteiger partial charge in [-0.3, -0.25) is 9.78 Å². The van der Waals surface area contributed by atoms with Gasteiger partial charge in [-0.25, -0.2) is 22.9 Å². The van der Waals surface area contributed by atoms with Crippen LogP contribution in [-0.2, 0) is 11.2 Å². The summed E-state index contributed by atoms with van der Waals surface area (Å²) in [6.45, 7) is 9.57. The normalized spacial score (nSPS) is 22.5. The SMILES string of the molecule is CCOc1cc(F)c(-c2nc(C(=O)Nc3cnc4c(c3N3C[C@H](C)[C@@H](O)[C@H](OC(N)=O)C3C(C)(C)C)CCC4O)ccc2F)c(F)c1. The molecule has 1 aliphatic heterocycles. The number of halogens is 3. The van der Waals surface area contributed by atoms with Crippen LogP contribution < -0.4 is 20.7 Å². The summed E-state index contributed by atoms with van der Waals surface area (Å²) in [5.41, 5.74) is 4.75. The summed E-state index contributed by atoms with van der Waals surface area (Å²) < 4.78 is 55.5. The van der Waals surface area contributed by atoms with Gasteiger partial charge in [0.25, 0.3) is 5.91 Å². The summed E-state index contributed by atoms with van der Waals surface area (Å²) in [6.07, 6.45) is -1.85. The Morgan fingerprint density at radius 1 is 1.13 bits per heavy atom. The monoisotopic (exact) mass is 657 g/mol. The number of pyridine rings is 2. The first-order chi connectivity index (χ1) is 22.1. The van der Waals surface area contributed by atoms with Crippen LogP contribution in [0.15, 0.2) is 30.5 Å². The number of nitrogens with zero attached hydrogens (tertiary/aromatic N) is 3. The zero-order valence-electron chi connectivity index (χ0n) is 26.7. The molecule has 2 aromatic heterocycles. The fourth-order valence-electron chi connectivity index (χ4n) is 6.56. The van der Waals surface area contributed by atoms with Gasteiger partial charge in [-0.15, -0.1) is 0 Å². The van der Waals surface area contributed by atoms with Crippen LogP contribution in [0.1, 0.15) is 68.9 Å². The third-order valence-electron chi connectivity index (χ3n) is 8.53. The van der Waals surface area contributed by atoms with Crippen molar-refractivity contribution in [3.63, 3.8) is 0 Å². The summed E-state index contributed by atoms with van der Waals surface area (Å²) in [7, 11) is 0. The first-order valence-corrected chi connectivity index (χ1v) is 15.3. The zero-order valence-corrected chi connectivity index (χ0v) is 26.7. The topological polar surface area (TPSA) is 160 Å². The zero-order chi connectivity index (χ0) is 34.4. The molecule has 0 radical (unpaired) electrons. The highest BCUT2D eigenvalue weighted by Crippen LogP contribution is 2.46. The Morgan fingerprint density at radius 2 is 1.81 bits per heavy atom. The molecule has 11 nitrogen and oxygen atoms in total. The number of aliphatic hydroxyl groups excluding tert-OH is 2. The highest BCUT2D eigenvalue weighted by Gasteiger charge is 2.50. The van der Waals surface area contributed by atoms with Crippen molar-refractivity contribution in [3.05, 3.63) is 64.9 Å². The number of benzene rings is 1. The molecular weight excluding hydrogens is 619 g/mol. The Morgan fingerprint density at radius 3 is 2.43 bits per heavy atom. The molecule has 47 heavy (non-hydrogen) atoms. The van der Waals surface area contributed by atoms with Crippen molar-refractivity contribution in [2.75, 3.05) is 23.4 Å². The van der Waals surface area contributed by atoms with E-state index in [4.69, 9.17) is 15.2 Å². The minimum absolute atomic E-state index is 0.0844. The predicted octanol–water partition coefficient (Wildman–Crippen LogP) is 4.89. The van der Waals surface area contributed by atoms with Crippen molar-refractivity contribution in [2.24, 2.45) is 17.1 Å². The van der Waals surface area contributed by atoms with E-state index in [1.807, 2.05) is 25.7 Å². The van der Waals surface area contributed by atoms with Crippen LogP contribution in [-0.4, -0.2) is 63.6 Å². The van der Waals surface area contributed by atoms with Gasteiger partial charge in [0.15, 0.2) is 6.10 Å². The number of hydrogen-bond acceptors (Lipinski definition) is 9. The van der Waals surface area contributed by atoms with Gasteiger partial charge in [-0.05, 0) is 37.3 Å². The number of amides is 2. The molecule has 0 bridgehead atoms. The maximum Gasteiger partial charge on any atom is 0.404 e. The van der Waals surface area contributed by atoms with E-state index in [0.29, 0.717) is 29.8 Å². The van der Waals surface area contributed by atoms with Gasteiger partial charge >= 0.3 is 6.09 Å². The minimum Gasteiger partial charge on any atom is -0.494 e. The summed E-state index contributed by atoms with van der Waals surface area (Å²) in [5, 5.41) is 24.6. The molecule has 2 aliphatic rings. The molecular formula is C33H38F3N5O6. The van der Waals surface area contributed by atoms with E-state index < -0.39 is 76.4 Å². The number of rotatable bonds is 7. The van der Waals surface area contributed by atoms with Crippen LogP contribution in [0.25, 0.3) is 11.3 Å². The van der Waals surface area contributed by atoms with Gasteiger partial charge in [-0.2, -0.15) is 0 Å². The fraction of sp³-hybridized carbons (Fsp3) is 0.455. The molecule has 5 N–H and O–H groups in total. The van der Waals surface area contributed by atoms with E-state index in [-0.39, 0.29) is 30.3 Å². The minimum atomic E-state index is -1.12. The summed E-state index contributed by atoms with van der Waals surface area (Å²) in [5.74, 6) is -4.63. The third-order valence-corrected chi connectivity index (χ3v) is 8.53. The molecule has 3 heterocycles. The standard InChI is InChI=1S/C33H38F3N5O6/c1-6-46-16-11-19(35)24(20(36)12-16)26-18(34)8-9-21(39-26)31(44)40-22-13-38-25-17(7-10-23(25)42)27(22)41-14-15(2)28(43)29(47-32(37)45)30(41)33(3,4)5/h8-9,11-13,15,23,28-30,42-43H,6-7,10,14H2,1-5H3,(H2,37,45)(H,40,44)/t15-,23?,28+,29-,30?/m0/s1. The van der Waals surface area contributed by atoms with Crippen LogP contribution in [0.5, 0.6) is 5.75 Å². The van der Waals surface area contributed by atoms with Gasteiger partial charge < -0.3 is 35.6 Å². The number of fused-ring (bicyclic) bond motifs is 1. The van der Waals surface area contributed by atoms with E-state index >= 15 is 0 Å². The van der Waals surface area contributed by atoms with Gasteiger partial charge in [-0.1, -0.05) is 27.7 Å². The maximum absolute atomic E-state index is 15.0. The molecule has 252 valence electrons. The van der Waals surface area contributed by atoms with Crippen LogP contribution in [0.4, 0.5) is 29.3 Å². The van der Waals surface area contributed by atoms with Crippen molar-refractivity contribution < 1.29 is 42.4 Å². The predicted molar refractivity (Wildman–Crippen MR) is 166 cm³/mol. The number of primary amides is 1. The Balaban J connectivity index is 1.59. The first kappa shape index (κ1) is 33.9. The lowest BCUT2D eigenvalue weighted by molar-refractivity contribution is -0.0680. The summed E-state index contributed by atoms with van der Waals surface area (Å²) in [6, 6.07) is 3.13. The number of anilines is 2. The van der Waals surface area contributed by atoms with Crippen molar-refractivity contribution in [1.82, 2.24) is 9.97 Å². The molecule has 1 aromatic carbocycles. The molecule has 1 aliphatic carbocycles. The van der Waals surface area contributed by atoms with Crippen LogP contribution in [0.3, 0.4) is 0 Å². The van der Waals surface area contributed by atoms with E-state index in [1.165, 1.54) is 6.20 Å². The average Bonchev–Trinajstić information content (AvgIpc) is 3.35. The van der Waals surface area contributed by atoms with Crippen LogP contribution in [0, 0.1) is 28.8 Å². The smallest absolute Gasteiger partial charge is 0.404 e. The lowest BCUT2D eigenvalue weighted by Crippen LogP contribution is -2.64. The second-order valence-corrected chi connectivity index (χ2v) is 12.9. The number of carbonyl (C=O) groups excluding carboxylic acids is 2. The molecule has 2 unspecified atom stereocenters. The van der Waals surface area contributed by atoms with E-state index in [0.717, 1.165) is 24.3 Å². The Kier molecular flexibility index (Phi) is 9.38. The van der Waals surface area contributed by atoms with E-state index in [2.05, 4.69) is 15.3 Å². The quantitative estimate of drug-likeness (QED) is 0.278. The number of aliphatic hydroxyl groups is 2. The van der Waals surface area contributed by atoms with Crippen molar-refractivity contribution in [3.8, 4) is 17.0 Å². The lowest BCUT2D eigenvalue weighted by atomic mass is 9.75. The second-order valence-electron chi connectivity index (χ2n) is 12.9. The lowest BCUT2D eigenvalue weighted by Gasteiger charge is -2.52. The van der Waals surface area contributed by atoms with Gasteiger partial charge in [0.1, 0.15) is 34.6 Å². The van der Waals surface area contributed by atoms with Crippen molar-refractivity contribution in [2.45, 2.75) is 71.8 Å². The molecule has 2 amide bonds. The number of hydrogen-bond donors (Lipinski definition) is 4. The highest BCUT2D eigenvalue weighted by atomic mass is 19.1. The largest absolute Gasteiger partial charge is 0.494 e. The molecule has 1 fully saturated rings. The number of aromatic nitrogens is 2. The molecule has 3 aromatic rings. The molecule has 0 saturated carbocycles. The first-order valence-electron chi connectivity index (χ1n) is 15.3. The van der Waals surface area contributed by atoms with Gasteiger partial charge in [0.2, 0.25) is 0 Å². The van der Waals surface area contributed by atoms with Crippen LogP contribution >= 0.6 is 0 Å². The number of nitrogens with two attached hydrogens (primary N) is 1. The molecule has 5 atom stereocenters. The Labute approximate surface area is 269 Å². The second kappa shape index (κ2) is 13.0.